The number of fused-ring (bicyclic) bond motifs is 1. The maximum absolute atomic E-state index is 14.2. The largest absolute Gasteiger partial charge is 0.488 e. The Hall–Kier alpha value is -3.19. The molecule has 0 saturated heterocycles. The molecular formula is C29H33FN2O3S. The number of halogens is 1. The van der Waals surface area contributed by atoms with E-state index < -0.39 is 5.82 Å². The molecule has 190 valence electrons. The normalized spacial score (nSPS) is 15.8. The summed E-state index contributed by atoms with van der Waals surface area (Å²) < 4.78 is 20.0. The second-order valence-electron chi connectivity index (χ2n) is 9.34. The Kier molecular flexibility index (Phi) is 8.75. The van der Waals surface area contributed by atoms with Crippen molar-refractivity contribution < 1.29 is 18.7 Å². The van der Waals surface area contributed by atoms with Crippen LogP contribution in [-0.2, 0) is 22.4 Å². The van der Waals surface area contributed by atoms with Crippen molar-refractivity contribution in [2.45, 2.75) is 39.2 Å². The van der Waals surface area contributed by atoms with Crippen molar-refractivity contribution in [3.8, 4) is 5.75 Å². The van der Waals surface area contributed by atoms with Crippen molar-refractivity contribution in [1.29, 1.82) is 0 Å². The predicted octanol–water partition coefficient (Wildman–Crippen LogP) is 5.51. The van der Waals surface area contributed by atoms with Gasteiger partial charge in [0.2, 0.25) is 11.8 Å². The topological polar surface area (TPSA) is 49.9 Å². The van der Waals surface area contributed by atoms with E-state index in [1.54, 1.807) is 39.3 Å². The number of hydrogen-bond acceptors (Lipinski definition) is 4. The Balaban J connectivity index is 1.51. The maximum Gasteiger partial charge on any atom is 0.242 e. The predicted molar refractivity (Wildman–Crippen MR) is 141 cm³/mol. The molecule has 3 aromatic rings. The van der Waals surface area contributed by atoms with Crippen molar-refractivity contribution >= 4 is 23.2 Å². The maximum atomic E-state index is 14.2. The minimum Gasteiger partial charge on any atom is -0.488 e. The molecule has 0 N–H and O–H groups in total. The fraction of sp³-hybridized carbons (Fsp3) is 0.379. The van der Waals surface area contributed by atoms with Crippen LogP contribution < -0.4 is 4.74 Å². The van der Waals surface area contributed by atoms with Crippen LogP contribution in [0.2, 0.25) is 0 Å². The van der Waals surface area contributed by atoms with Gasteiger partial charge in [0.25, 0.3) is 0 Å². The molecule has 0 fully saturated rings. The molecule has 0 saturated carbocycles. The average Bonchev–Trinajstić information content (AvgIpc) is 3.37. The number of carbonyl (C=O) groups is 2. The van der Waals surface area contributed by atoms with Crippen molar-refractivity contribution in [3.05, 3.63) is 87.9 Å². The van der Waals surface area contributed by atoms with E-state index in [-0.39, 0.29) is 49.1 Å². The van der Waals surface area contributed by atoms with Crippen LogP contribution in [0.3, 0.4) is 0 Å². The van der Waals surface area contributed by atoms with Crippen LogP contribution in [-0.4, -0.2) is 47.9 Å². The van der Waals surface area contributed by atoms with Crippen molar-refractivity contribution in [2.75, 3.05) is 26.2 Å². The van der Waals surface area contributed by atoms with Crippen LogP contribution >= 0.6 is 11.3 Å². The zero-order chi connectivity index (χ0) is 25.5. The van der Waals surface area contributed by atoms with Crippen molar-refractivity contribution in [3.63, 3.8) is 0 Å². The summed E-state index contributed by atoms with van der Waals surface area (Å²) in [5.74, 6) is -0.143. The van der Waals surface area contributed by atoms with Crippen LogP contribution in [0.4, 0.5) is 4.39 Å². The number of amides is 2. The molecule has 2 atom stereocenters. The number of nitrogens with zero attached hydrogens (tertiary/aromatic N) is 2. The quantitative estimate of drug-likeness (QED) is 0.363. The van der Waals surface area contributed by atoms with E-state index in [2.05, 4.69) is 13.8 Å². The summed E-state index contributed by atoms with van der Waals surface area (Å²) in [5.41, 5.74) is 1.97. The molecular weight excluding hydrogens is 475 g/mol. The molecule has 2 aromatic carbocycles. The van der Waals surface area contributed by atoms with Gasteiger partial charge in [0.1, 0.15) is 6.61 Å². The highest BCUT2D eigenvalue weighted by Crippen LogP contribution is 2.34. The Morgan fingerprint density at radius 3 is 2.64 bits per heavy atom. The number of carbonyl (C=O) groups excluding carboxylic acids is 2. The van der Waals surface area contributed by atoms with E-state index in [4.69, 9.17) is 4.74 Å². The summed E-state index contributed by atoms with van der Waals surface area (Å²) in [6, 6.07) is 17.6. The molecule has 2 heterocycles. The molecule has 36 heavy (non-hydrogen) atoms. The van der Waals surface area contributed by atoms with Gasteiger partial charge in [-0.25, -0.2) is 4.39 Å². The van der Waals surface area contributed by atoms with E-state index in [9.17, 15) is 14.0 Å². The molecule has 0 bridgehead atoms. The van der Waals surface area contributed by atoms with Gasteiger partial charge in [0.15, 0.2) is 11.6 Å². The highest BCUT2D eigenvalue weighted by atomic mass is 32.1. The summed E-state index contributed by atoms with van der Waals surface area (Å²) in [4.78, 5) is 31.6. The summed E-state index contributed by atoms with van der Waals surface area (Å²) in [7, 11) is 0. The van der Waals surface area contributed by atoms with Crippen LogP contribution in [0.25, 0.3) is 0 Å². The first kappa shape index (κ1) is 25.9. The standard InChI is InChI=1S/C29H33FN2O3S/c1-3-21(2)18-31(28(33)17-22-9-5-4-6-10-22)19-29(34)32-15-13-27-23(14-16-36-27)25(32)20-35-26-12-8-7-11-24(26)30/h4-12,14,16,21,25H,3,13,15,17-20H2,1-2H3. The van der Waals surface area contributed by atoms with Gasteiger partial charge in [-0.2, -0.15) is 0 Å². The highest BCUT2D eigenvalue weighted by molar-refractivity contribution is 7.10. The summed E-state index contributed by atoms with van der Waals surface area (Å²) in [5, 5.41) is 2.02. The lowest BCUT2D eigenvalue weighted by Gasteiger charge is -2.37. The molecule has 0 spiro atoms. The van der Waals surface area contributed by atoms with Crippen LogP contribution in [0.5, 0.6) is 5.75 Å². The summed E-state index contributed by atoms with van der Waals surface area (Å²) in [6.07, 6.45) is 1.95. The smallest absolute Gasteiger partial charge is 0.242 e. The molecule has 2 unspecified atom stereocenters. The number of thiophene rings is 1. The fourth-order valence-electron chi connectivity index (χ4n) is 4.50. The molecule has 1 aliphatic heterocycles. The molecule has 0 aliphatic carbocycles. The first-order chi connectivity index (χ1) is 17.5. The van der Waals surface area contributed by atoms with Crippen LogP contribution in [0.1, 0.15) is 42.3 Å². The van der Waals surface area contributed by atoms with Crippen LogP contribution in [0.15, 0.2) is 66.0 Å². The monoisotopic (exact) mass is 508 g/mol. The van der Waals surface area contributed by atoms with E-state index >= 15 is 0 Å². The third kappa shape index (κ3) is 6.32. The number of benzene rings is 2. The van der Waals surface area contributed by atoms with Gasteiger partial charge in [0.05, 0.1) is 19.0 Å². The second kappa shape index (κ2) is 12.2. The summed E-state index contributed by atoms with van der Waals surface area (Å²) >= 11 is 1.67. The fourth-order valence-corrected chi connectivity index (χ4v) is 5.43. The number of para-hydroxylation sites is 1. The minimum atomic E-state index is -0.428. The Bertz CT molecular complexity index is 1170. The first-order valence-electron chi connectivity index (χ1n) is 12.5. The molecule has 5 nitrogen and oxygen atoms in total. The lowest BCUT2D eigenvalue weighted by atomic mass is 10.00. The molecule has 0 radical (unpaired) electrons. The van der Waals surface area contributed by atoms with Gasteiger partial charge < -0.3 is 14.5 Å². The molecule has 7 heteroatoms. The third-order valence-electron chi connectivity index (χ3n) is 6.75. The molecule has 2 amide bonds. The summed E-state index contributed by atoms with van der Waals surface area (Å²) in [6.45, 7) is 5.43. The second-order valence-corrected chi connectivity index (χ2v) is 10.3. The first-order valence-corrected chi connectivity index (χ1v) is 13.4. The zero-order valence-electron chi connectivity index (χ0n) is 20.9. The van der Waals surface area contributed by atoms with Crippen molar-refractivity contribution in [1.82, 2.24) is 9.80 Å². The zero-order valence-corrected chi connectivity index (χ0v) is 21.7. The minimum absolute atomic E-state index is 0.0195. The van der Waals surface area contributed by atoms with Crippen molar-refractivity contribution in [2.24, 2.45) is 5.92 Å². The van der Waals surface area contributed by atoms with Gasteiger partial charge in [-0.05, 0) is 47.0 Å². The molecule has 4 rings (SSSR count). The average molecular weight is 509 g/mol. The third-order valence-corrected chi connectivity index (χ3v) is 7.75. The SMILES string of the molecule is CCC(C)CN(CC(=O)N1CCc2sccc2C1COc1ccccc1F)C(=O)Cc1ccccc1. The Morgan fingerprint density at radius 2 is 1.89 bits per heavy atom. The van der Waals surface area contributed by atoms with Gasteiger partial charge in [0, 0.05) is 18.0 Å². The van der Waals surface area contributed by atoms with E-state index in [0.29, 0.717) is 13.1 Å². The van der Waals surface area contributed by atoms with Crippen LogP contribution in [0, 0.1) is 11.7 Å². The lowest BCUT2D eigenvalue weighted by Crippen LogP contribution is -2.48. The van der Waals surface area contributed by atoms with Gasteiger partial charge >= 0.3 is 0 Å². The number of ether oxygens (including phenoxy) is 1. The number of hydrogen-bond donors (Lipinski definition) is 0. The van der Waals surface area contributed by atoms with E-state index in [0.717, 1.165) is 24.0 Å². The van der Waals surface area contributed by atoms with E-state index in [1.807, 2.05) is 41.8 Å². The van der Waals surface area contributed by atoms with Gasteiger partial charge in [-0.1, -0.05) is 62.7 Å². The number of rotatable bonds is 10. The Labute approximate surface area is 216 Å². The van der Waals surface area contributed by atoms with E-state index in [1.165, 1.54) is 10.9 Å². The lowest BCUT2D eigenvalue weighted by molar-refractivity contribution is -0.143. The van der Waals surface area contributed by atoms with Gasteiger partial charge in [-0.15, -0.1) is 11.3 Å². The molecule has 1 aromatic heterocycles. The highest BCUT2D eigenvalue weighted by Gasteiger charge is 2.34. The van der Waals surface area contributed by atoms with Gasteiger partial charge in [-0.3, -0.25) is 9.59 Å². The Morgan fingerprint density at radius 1 is 1.14 bits per heavy atom. The molecule has 1 aliphatic rings.